The van der Waals surface area contributed by atoms with E-state index >= 15 is 0 Å². The van der Waals surface area contributed by atoms with E-state index in [0.717, 1.165) is 16.3 Å². The molecular formula is C20H15NO3. The lowest BCUT2D eigenvalue weighted by Gasteiger charge is -2.03. The van der Waals surface area contributed by atoms with Gasteiger partial charge in [-0.25, -0.2) is 4.79 Å². The van der Waals surface area contributed by atoms with Crippen LogP contribution in [0.25, 0.3) is 28.2 Å². The Hall–Kier alpha value is -3.32. The molecule has 0 saturated heterocycles. The Morgan fingerprint density at radius 1 is 1.17 bits per heavy atom. The third-order valence-corrected chi connectivity index (χ3v) is 3.58. The van der Waals surface area contributed by atoms with Crippen LogP contribution in [0.4, 0.5) is 0 Å². The van der Waals surface area contributed by atoms with Crippen molar-refractivity contribution in [1.29, 1.82) is 5.26 Å². The molecule has 118 valence electrons. The SMILES string of the molecule is CCOC(=O)C(C#N)=Cc1ccc(-c2cccc3ccccc23)o1. The third kappa shape index (κ3) is 3.06. The number of ether oxygens (including phenoxy) is 1. The molecule has 0 aliphatic carbocycles. The molecule has 0 atom stereocenters. The van der Waals surface area contributed by atoms with Crippen molar-refractivity contribution in [3.63, 3.8) is 0 Å². The number of nitrogens with zero attached hydrogens (tertiary/aromatic N) is 1. The van der Waals surface area contributed by atoms with Crippen LogP contribution >= 0.6 is 0 Å². The van der Waals surface area contributed by atoms with Crippen LogP contribution in [0.1, 0.15) is 12.7 Å². The number of fused-ring (bicyclic) bond motifs is 1. The van der Waals surface area contributed by atoms with Crippen LogP contribution in [0, 0.1) is 11.3 Å². The van der Waals surface area contributed by atoms with Crippen LogP contribution in [0.3, 0.4) is 0 Å². The first-order valence-corrected chi connectivity index (χ1v) is 7.60. The maximum atomic E-state index is 11.7. The van der Waals surface area contributed by atoms with Crippen LogP contribution < -0.4 is 0 Å². The van der Waals surface area contributed by atoms with Crippen LogP contribution in [0.5, 0.6) is 0 Å². The summed E-state index contributed by atoms with van der Waals surface area (Å²) in [5, 5.41) is 11.3. The first kappa shape index (κ1) is 15.6. The molecule has 3 aromatic rings. The van der Waals surface area contributed by atoms with E-state index in [-0.39, 0.29) is 12.2 Å². The highest BCUT2D eigenvalue weighted by Crippen LogP contribution is 2.30. The summed E-state index contributed by atoms with van der Waals surface area (Å²) in [5.41, 5.74) is 0.873. The zero-order chi connectivity index (χ0) is 16.9. The topological polar surface area (TPSA) is 63.2 Å². The highest BCUT2D eigenvalue weighted by atomic mass is 16.5. The summed E-state index contributed by atoms with van der Waals surface area (Å²) in [5.74, 6) is 0.463. The van der Waals surface area contributed by atoms with E-state index < -0.39 is 5.97 Å². The van der Waals surface area contributed by atoms with Crippen LogP contribution in [0.2, 0.25) is 0 Å². The summed E-state index contributed by atoms with van der Waals surface area (Å²) < 4.78 is 10.6. The van der Waals surface area contributed by atoms with Gasteiger partial charge in [0.2, 0.25) is 0 Å². The zero-order valence-electron chi connectivity index (χ0n) is 13.2. The Bertz CT molecular complexity index is 955. The summed E-state index contributed by atoms with van der Waals surface area (Å²) in [6, 6.07) is 19.4. The Balaban J connectivity index is 1.99. The van der Waals surface area contributed by atoms with Gasteiger partial charge in [0.05, 0.1) is 6.61 Å². The van der Waals surface area contributed by atoms with Gasteiger partial charge in [-0.15, -0.1) is 0 Å². The minimum Gasteiger partial charge on any atom is -0.462 e. The summed E-state index contributed by atoms with van der Waals surface area (Å²) in [6.07, 6.45) is 1.40. The number of carbonyl (C=O) groups is 1. The molecule has 0 amide bonds. The molecule has 1 heterocycles. The Morgan fingerprint density at radius 2 is 1.96 bits per heavy atom. The lowest BCUT2D eigenvalue weighted by Crippen LogP contribution is -2.05. The Kier molecular flexibility index (Phi) is 4.44. The molecule has 0 bridgehead atoms. The fraction of sp³-hybridized carbons (Fsp3) is 0.100. The predicted molar refractivity (Wildman–Crippen MR) is 91.9 cm³/mol. The molecule has 1 aromatic heterocycles. The minimum atomic E-state index is -0.650. The smallest absolute Gasteiger partial charge is 0.349 e. The third-order valence-electron chi connectivity index (χ3n) is 3.58. The summed E-state index contributed by atoms with van der Waals surface area (Å²) >= 11 is 0. The number of esters is 1. The molecule has 0 N–H and O–H groups in total. The predicted octanol–water partition coefficient (Wildman–Crippen LogP) is 4.57. The number of furan rings is 1. The van der Waals surface area contributed by atoms with E-state index in [0.29, 0.717) is 11.5 Å². The molecule has 0 aliphatic heterocycles. The average Bonchev–Trinajstić information content (AvgIpc) is 3.07. The van der Waals surface area contributed by atoms with Crippen molar-refractivity contribution in [1.82, 2.24) is 0 Å². The molecule has 0 unspecified atom stereocenters. The van der Waals surface area contributed by atoms with Gasteiger partial charge in [-0.3, -0.25) is 0 Å². The van der Waals surface area contributed by atoms with Crippen LogP contribution in [-0.4, -0.2) is 12.6 Å². The Labute approximate surface area is 139 Å². The molecule has 0 aliphatic rings. The van der Waals surface area contributed by atoms with Crippen molar-refractivity contribution in [3.8, 4) is 17.4 Å². The summed E-state index contributed by atoms with van der Waals surface area (Å²) in [6.45, 7) is 1.91. The summed E-state index contributed by atoms with van der Waals surface area (Å²) in [7, 11) is 0. The molecule has 2 aromatic carbocycles. The van der Waals surface area contributed by atoms with Crippen molar-refractivity contribution >= 4 is 22.8 Å². The molecule has 0 fully saturated rings. The number of benzene rings is 2. The molecule has 0 saturated carbocycles. The van der Waals surface area contributed by atoms with E-state index in [1.54, 1.807) is 13.0 Å². The van der Waals surface area contributed by atoms with E-state index in [1.165, 1.54) is 6.08 Å². The van der Waals surface area contributed by atoms with Crippen molar-refractivity contribution in [3.05, 3.63) is 65.9 Å². The van der Waals surface area contributed by atoms with Gasteiger partial charge in [-0.1, -0.05) is 42.5 Å². The van der Waals surface area contributed by atoms with Crippen LogP contribution in [0.15, 0.2) is 64.6 Å². The van der Waals surface area contributed by atoms with Gasteiger partial charge in [0.1, 0.15) is 23.2 Å². The lowest BCUT2D eigenvalue weighted by atomic mass is 10.0. The van der Waals surface area contributed by atoms with Crippen molar-refractivity contribution in [2.45, 2.75) is 6.92 Å². The highest BCUT2D eigenvalue weighted by Gasteiger charge is 2.12. The average molecular weight is 317 g/mol. The largest absolute Gasteiger partial charge is 0.462 e. The molecule has 24 heavy (non-hydrogen) atoms. The van der Waals surface area contributed by atoms with Crippen LogP contribution in [-0.2, 0) is 9.53 Å². The number of hydrogen-bond donors (Lipinski definition) is 0. The van der Waals surface area contributed by atoms with E-state index in [2.05, 4.69) is 0 Å². The first-order chi connectivity index (χ1) is 11.7. The van der Waals surface area contributed by atoms with Gasteiger partial charge in [-0.2, -0.15) is 5.26 Å². The van der Waals surface area contributed by atoms with Crippen molar-refractivity contribution < 1.29 is 13.9 Å². The van der Waals surface area contributed by atoms with Gasteiger partial charge in [0, 0.05) is 11.6 Å². The maximum absolute atomic E-state index is 11.7. The van der Waals surface area contributed by atoms with Gasteiger partial charge in [0.25, 0.3) is 0 Å². The standard InChI is InChI=1S/C20H15NO3/c1-2-23-20(22)15(13-21)12-16-10-11-19(24-16)18-9-5-7-14-6-3-4-8-17(14)18/h3-12H,2H2,1H3. The minimum absolute atomic E-state index is 0.0873. The molecule has 3 rings (SSSR count). The second-order valence-electron chi connectivity index (χ2n) is 5.12. The van der Waals surface area contributed by atoms with Gasteiger partial charge in [0.15, 0.2) is 0 Å². The zero-order valence-corrected chi connectivity index (χ0v) is 13.2. The monoisotopic (exact) mass is 317 g/mol. The molecule has 0 spiro atoms. The first-order valence-electron chi connectivity index (χ1n) is 7.60. The normalized spacial score (nSPS) is 11.2. The van der Waals surface area contributed by atoms with Crippen molar-refractivity contribution in [2.75, 3.05) is 6.61 Å². The lowest BCUT2D eigenvalue weighted by molar-refractivity contribution is -0.137. The Morgan fingerprint density at radius 3 is 2.75 bits per heavy atom. The second-order valence-corrected chi connectivity index (χ2v) is 5.12. The highest BCUT2D eigenvalue weighted by molar-refractivity contribution is 5.98. The maximum Gasteiger partial charge on any atom is 0.349 e. The fourth-order valence-corrected chi connectivity index (χ4v) is 2.50. The van der Waals surface area contributed by atoms with Gasteiger partial charge in [-0.05, 0) is 29.8 Å². The number of carbonyl (C=O) groups excluding carboxylic acids is 1. The number of hydrogen-bond acceptors (Lipinski definition) is 4. The fourth-order valence-electron chi connectivity index (χ4n) is 2.50. The molecule has 4 nitrogen and oxygen atoms in total. The van der Waals surface area contributed by atoms with E-state index in [1.807, 2.05) is 54.6 Å². The van der Waals surface area contributed by atoms with Gasteiger partial charge < -0.3 is 9.15 Å². The van der Waals surface area contributed by atoms with E-state index in [9.17, 15) is 4.79 Å². The quantitative estimate of drug-likeness (QED) is 0.402. The van der Waals surface area contributed by atoms with E-state index in [4.69, 9.17) is 14.4 Å². The second kappa shape index (κ2) is 6.84. The molecule has 4 heteroatoms. The summed E-state index contributed by atoms with van der Waals surface area (Å²) in [4.78, 5) is 11.7. The molecule has 0 radical (unpaired) electrons. The molecular weight excluding hydrogens is 302 g/mol. The number of nitriles is 1. The number of rotatable bonds is 4. The van der Waals surface area contributed by atoms with Crippen molar-refractivity contribution in [2.24, 2.45) is 0 Å². The van der Waals surface area contributed by atoms with Gasteiger partial charge >= 0.3 is 5.97 Å².